The first kappa shape index (κ1) is 16.1. The summed E-state index contributed by atoms with van der Waals surface area (Å²) in [7, 11) is 0. The highest BCUT2D eigenvalue weighted by Crippen LogP contribution is 2.23. The maximum absolute atomic E-state index is 5.44. The first-order chi connectivity index (χ1) is 13.4. The summed E-state index contributed by atoms with van der Waals surface area (Å²) in [5.41, 5.74) is 2.50. The second-order valence-electron chi connectivity index (χ2n) is 6.44. The summed E-state index contributed by atoms with van der Waals surface area (Å²) in [4.78, 5) is 6.82. The molecule has 1 aliphatic heterocycles. The zero-order chi connectivity index (χ0) is 18.1. The lowest BCUT2D eigenvalue weighted by molar-refractivity contribution is 0.0329. The van der Waals surface area contributed by atoms with Crippen LogP contribution in [0.1, 0.15) is 5.82 Å². The molecule has 0 atom stereocenters. The quantitative estimate of drug-likeness (QED) is 0.551. The fraction of sp³-hybridized carbons (Fsp3) is 0.263. The van der Waals surface area contributed by atoms with Gasteiger partial charge in [-0.3, -0.25) is 9.30 Å². The van der Waals surface area contributed by atoms with E-state index in [1.807, 2.05) is 53.1 Å². The molecule has 136 valence electrons. The second kappa shape index (κ2) is 6.90. The van der Waals surface area contributed by atoms with Crippen molar-refractivity contribution in [1.82, 2.24) is 29.6 Å². The van der Waals surface area contributed by atoms with Crippen LogP contribution in [0.5, 0.6) is 0 Å². The van der Waals surface area contributed by atoms with E-state index < -0.39 is 0 Å². The molecule has 4 heterocycles. The molecular formula is C19H18N6O2. The van der Waals surface area contributed by atoms with Gasteiger partial charge in [0.15, 0.2) is 11.5 Å². The summed E-state index contributed by atoms with van der Waals surface area (Å²) < 4.78 is 12.8. The van der Waals surface area contributed by atoms with Gasteiger partial charge in [-0.05, 0) is 12.1 Å². The van der Waals surface area contributed by atoms with Gasteiger partial charge in [0, 0.05) is 30.4 Å². The normalized spacial score (nSPS) is 15.4. The smallest absolute Gasteiger partial charge is 0.258 e. The second-order valence-corrected chi connectivity index (χ2v) is 6.44. The number of pyridine rings is 1. The van der Waals surface area contributed by atoms with Gasteiger partial charge in [0.1, 0.15) is 0 Å². The summed E-state index contributed by atoms with van der Waals surface area (Å²) >= 11 is 0. The van der Waals surface area contributed by atoms with Crippen molar-refractivity contribution in [2.24, 2.45) is 0 Å². The molecule has 1 aliphatic rings. The van der Waals surface area contributed by atoms with Gasteiger partial charge in [-0.25, -0.2) is 0 Å². The van der Waals surface area contributed by atoms with Gasteiger partial charge < -0.3 is 9.26 Å². The number of fused-ring (bicyclic) bond motifs is 1. The van der Waals surface area contributed by atoms with Crippen LogP contribution in [-0.4, -0.2) is 55.9 Å². The van der Waals surface area contributed by atoms with E-state index in [1.165, 1.54) is 0 Å². The standard InChI is InChI=1S/C19H18N6O2/c1-2-4-14(5-3-1)18-20-19(27-23-18)15-6-7-25-16(12-15)21-22-17(25)13-24-8-10-26-11-9-24/h1-7,12H,8-11,13H2. The Hall–Kier alpha value is -3.10. The number of morpholine rings is 1. The van der Waals surface area contributed by atoms with E-state index in [-0.39, 0.29) is 0 Å². The lowest BCUT2D eigenvalue weighted by Gasteiger charge is -2.25. The largest absolute Gasteiger partial charge is 0.379 e. The number of benzene rings is 1. The molecule has 0 spiro atoms. The Morgan fingerprint density at radius 3 is 2.67 bits per heavy atom. The minimum absolute atomic E-state index is 0.467. The fourth-order valence-electron chi connectivity index (χ4n) is 3.19. The van der Waals surface area contributed by atoms with E-state index >= 15 is 0 Å². The Balaban J connectivity index is 1.41. The van der Waals surface area contributed by atoms with Crippen molar-refractivity contribution in [2.45, 2.75) is 6.54 Å². The predicted molar refractivity (Wildman–Crippen MR) is 97.8 cm³/mol. The van der Waals surface area contributed by atoms with Gasteiger partial charge >= 0.3 is 0 Å². The molecule has 0 saturated carbocycles. The Morgan fingerprint density at radius 2 is 1.81 bits per heavy atom. The molecule has 0 amide bonds. The number of ether oxygens (including phenoxy) is 1. The molecule has 0 bridgehead atoms. The molecule has 5 rings (SSSR count). The van der Waals surface area contributed by atoms with Gasteiger partial charge in [-0.2, -0.15) is 4.98 Å². The van der Waals surface area contributed by atoms with Gasteiger partial charge in [-0.15, -0.1) is 10.2 Å². The molecule has 0 N–H and O–H groups in total. The van der Waals surface area contributed by atoms with E-state index in [4.69, 9.17) is 9.26 Å². The molecule has 1 fully saturated rings. The molecular weight excluding hydrogens is 344 g/mol. The van der Waals surface area contributed by atoms with Gasteiger partial charge in [0.05, 0.1) is 19.8 Å². The molecule has 8 nitrogen and oxygen atoms in total. The van der Waals surface area contributed by atoms with Crippen molar-refractivity contribution in [3.8, 4) is 22.8 Å². The summed E-state index contributed by atoms with van der Waals surface area (Å²) in [6.07, 6.45) is 1.95. The minimum Gasteiger partial charge on any atom is -0.379 e. The maximum atomic E-state index is 5.44. The zero-order valence-electron chi connectivity index (χ0n) is 14.7. The molecule has 0 aliphatic carbocycles. The summed E-state index contributed by atoms with van der Waals surface area (Å²) in [6, 6.07) is 13.6. The number of aromatic nitrogens is 5. The molecule has 1 aromatic carbocycles. The number of nitrogens with zero attached hydrogens (tertiary/aromatic N) is 6. The van der Waals surface area contributed by atoms with E-state index in [0.29, 0.717) is 11.7 Å². The van der Waals surface area contributed by atoms with Crippen molar-refractivity contribution < 1.29 is 9.26 Å². The highest BCUT2D eigenvalue weighted by atomic mass is 16.5. The van der Waals surface area contributed by atoms with Crippen molar-refractivity contribution >= 4 is 5.65 Å². The summed E-state index contributed by atoms with van der Waals surface area (Å²) in [6.45, 7) is 4.11. The third kappa shape index (κ3) is 3.20. The molecule has 0 radical (unpaired) electrons. The van der Waals surface area contributed by atoms with E-state index in [1.54, 1.807) is 0 Å². The molecule has 4 aromatic rings. The topological polar surface area (TPSA) is 81.6 Å². The average molecular weight is 362 g/mol. The third-order valence-corrected chi connectivity index (χ3v) is 4.65. The van der Waals surface area contributed by atoms with E-state index in [0.717, 1.165) is 55.4 Å². The van der Waals surface area contributed by atoms with Crippen LogP contribution < -0.4 is 0 Å². The van der Waals surface area contributed by atoms with E-state index in [2.05, 4.69) is 25.2 Å². The Labute approximate surface area is 155 Å². The Bertz CT molecular complexity index is 1050. The van der Waals surface area contributed by atoms with Crippen LogP contribution in [0.2, 0.25) is 0 Å². The van der Waals surface area contributed by atoms with Crippen LogP contribution in [0.4, 0.5) is 0 Å². The van der Waals surface area contributed by atoms with Gasteiger partial charge in [0.2, 0.25) is 5.82 Å². The molecule has 8 heteroatoms. The number of hydrogen-bond donors (Lipinski definition) is 0. The minimum atomic E-state index is 0.467. The monoisotopic (exact) mass is 362 g/mol. The Kier molecular flexibility index (Phi) is 4.11. The number of rotatable bonds is 4. The van der Waals surface area contributed by atoms with Crippen molar-refractivity contribution in [2.75, 3.05) is 26.3 Å². The van der Waals surface area contributed by atoms with Crippen molar-refractivity contribution in [3.05, 3.63) is 54.5 Å². The van der Waals surface area contributed by atoms with Crippen molar-refractivity contribution in [1.29, 1.82) is 0 Å². The molecule has 27 heavy (non-hydrogen) atoms. The third-order valence-electron chi connectivity index (χ3n) is 4.65. The van der Waals surface area contributed by atoms with Crippen LogP contribution in [0.15, 0.2) is 53.2 Å². The maximum Gasteiger partial charge on any atom is 0.258 e. The van der Waals surface area contributed by atoms with Crippen LogP contribution in [0.3, 0.4) is 0 Å². The van der Waals surface area contributed by atoms with E-state index in [9.17, 15) is 0 Å². The highest BCUT2D eigenvalue weighted by Gasteiger charge is 2.16. The van der Waals surface area contributed by atoms with Crippen LogP contribution in [0, 0.1) is 0 Å². The lowest BCUT2D eigenvalue weighted by Crippen LogP contribution is -2.36. The van der Waals surface area contributed by atoms with Crippen LogP contribution in [-0.2, 0) is 11.3 Å². The van der Waals surface area contributed by atoms with Gasteiger partial charge in [0.25, 0.3) is 5.89 Å². The first-order valence-electron chi connectivity index (χ1n) is 8.90. The first-order valence-corrected chi connectivity index (χ1v) is 8.90. The predicted octanol–water partition coefficient (Wildman–Crippen LogP) is 2.28. The molecule has 1 saturated heterocycles. The zero-order valence-corrected chi connectivity index (χ0v) is 14.7. The molecule has 0 unspecified atom stereocenters. The molecule has 3 aromatic heterocycles. The van der Waals surface area contributed by atoms with Crippen LogP contribution >= 0.6 is 0 Å². The highest BCUT2D eigenvalue weighted by molar-refractivity contribution is 5.62. The SMILES string of the molecule is c1ccc(-c2noc(-c3ccn4c(CN5CCOCC5)nnc4c3)n2)cc1. The summed E-state index contributed by atoms with van der Waals surface area (Å²) in [5.74, 6) is 1.95. The average Bonchev–Trinajstić information content (AvgIpc) is 3.37. The van der Waals surface area contributed by atoms with Gasteiger partial charge in [-0.1, -0.05) is 35.5 Å². The lowest BCUT2D eigenvalue weighted by atomic mass is 10.2. The Morgan fingerprint density at radius 1 is 0.963 bits per heavy atom. The summed E-state index contributed by atoms with van der Waals surface area (Å²) in [5, 5.41) is 12.7. The fourth-order valence-corrected chi connectivity index (χ4v) is 3.19. The number of hydrogen-bond acceptors (Lipinski definition) is 7. The van der Waals surface area contributed by atoms with Crippen molar-refractivity contribution in [3.63, 3.8) is 0 Å². The van der Waals surface area contributed by atoms with Crippen LogP contribution in [0.25, 0.3) is 28.5 Å².